The van der Waals surface area contributed by atoms with Crippen molar-refractivity contribution in [3.05, 3.63) is 58.6 Å². The molecule has 1 amide bonds. The molecule has 0 radical (unpaired) electrons. The minimum Gasteiger partial charge on any atom is -0.507 e. The van der Waals surface area contributed by atoms with Crippen molar-refractivity contribution < 1.29 is 14.6 Å². The fourth-order valence-corrected chi connectivity index (χ4v) is 2.60. The molecule has 3 N–H and O–H groups in total. The molecule has 7 heteroatoms. The molecule has 3 rings (SSSR count). The van der Waals surface area contributed by atoms with Crippen molar-refractivity contribution in [3.8, 4) is 22.8 Å². The van der Waals surface area contributed by atoms with E-state index in [1.165, 1.54) is 6.07 Å². The summed E-state index contributed by atoms with van der Waals surface area (Å²) in [5.74, 6) is 0.419. The minimum absolute atomic E-state index is 0.0789. The first-order valence-electron chi connectivity index (χ1n) is 7.48. The van der Waals surface area contributed by atoms with Gasteiger partial charge in [-0.1, -0.05) is 17.7 Å². The summed E-state index contributed by atoms with van der Waals surface area (Å²) >= 11 is 6.04. The number of rotatable bonds is 4. The molecule has 6 nitrogen and oxygen atoms in total. The van der Waals surface area contributed by atoms with Gasteiger partial charge in [0.25, 0.3) is 5.91 Å². The van der Waals surface area contributed by atoms with Crippen LogP contribution in [0, 0.1) is 6.92 Å². The number of carbonyl (C=O) groups excluding carboxylic acids is 1. The average molecular weight is 358 g/mol. The van der Waals surface area contributed by atoms with Gasteiger partial charge in [0.2, 0.25) is 0 Å². The van der Waals surface area contributed by atoms with Crippen LogP contribution < -0.4 is 10.1 Å². The number of methoxy groups -OCH3 is 1. The van der Waals surface area contributed by atoms with Gasteiger partial charge in [-0.3, -0.25) is 9.89 Å². The van der Waals surface area contributed by atoms with Crippen LogP contribution in [-0.2, 0) is 0 Å². The fourth-order valence-electron chi connectivity index (χ4n) is 2.43. The second-order valence-corrected chi connectivity index (χ2v) is 5.92. The highest BCUT2D eigenvalue weighted by molar-refractivity contribution is 6.31. The molecule has 0 aliphatic heterocycles. The Hall–Kier alpha value is -2.99. The topological polar surface area (TPSA) is 87.2 Å². The first-order chi connectivity index (χ1) is 12.0. The number of benzene rings is 2. The maximum atomic E-state index is 12.3. The van der Waals surface area contributed by atoms with E-state index in [1.54, 1.807) is 43.5 Å². The smallest absolute Gasteiger partial charge is 0.260 e. The van der Waals surface area contributed by atoms with Crippen LogP contribution in [0.3, 0.4) is 0 Å². The highest BCUT2D eigenvalue weighted by Crippen LogP contribution is 2.32. The summed E-state index contributed by atoms with van der Waals surface area (Å²) in [6.45, 7) is 1.83. The van der Waals surface area contributed by atoms with Gasteiger partial charge in [0.1, 0.15) is 11.5 Å². The quantitative estimate of drug-likeness (QED) is 0.658. The first kappa shape index (κ1) is 16.9. The molecule has 0 aliphatic carbocycles. The number of phenols is 1. The maximum absolute atomic E-state index is 12.3. The summed E-state index contributed by atoms with van der Waals surface area (Å²) < 4.78 is 5.31. The van der Waals surface area contributed by atoms with E-state index >= 15 is 0 Å². The zero-order valence-corrected chi connectivity index (χ0v) is 14.4. The van der Waals surface area contributed by atoms with Gasteiger partial charge >= 0.3 is 0 Å². The van der Waals surface area contributed by atoms with Crippen molar-refractivity contribution in [2.75, 3.05) is 12.4 Å². The molecule has 0 atom stereocenters. The van der Waals surface area contributed by atoms with Crippen LogP contribution in [0.5, 0.6) is 11.5 Å². The summed E-state index contributed by atoms with van der Waals surface area (Å²) in [5.41, 5.74) is 2.41. The van der Waals surface area contributed by atoms with Crippen LogP contribution >= 0.6 is 11.6 Å². The third-order valence-electron chi connectivity index (χ3n) is 3.67. The Labute approximate surface area is 149 Å². The Balaban J connectivity index is 1.85. The van der Waals surface area contributed by atoms with Crippen LogP contribution in [0.2, 0.25) is 5.02 Å². The Morgan fingerprint density at radius 1 is 1.24 bits per heavy atom. The number of ether oxygens (including phenoxy) is 1. The SMILES string of the molecule is COc1ccc(Cl)cc1-c1cc(NC(=O)c2ccc(C)cc2O)n[nH]1. The first-order valence-corrected chi connectivity index (χ1v) is 7.86. The van der Waals surface area contributed by atoms with E-state index < -0.39 is 5.91 Å². The van der Waals surface area contributed by atoms with Gasteiger partial charge in [0.15, 0.2) is 5.82 Å². The van der Waals surface area contributed by atoms with Crippen molar-refractivity contribution in [1.29, 1.82) is 0 Å². The number of nitrogens with one attached hydrogen (secondary N) is 2. The van der Waals surface area contributed by atoms with Gasteiger partial charge in [0, 0.05) is 16.7 Å². The third-order valence-corrected chi connectivity index (χ3v) is 3.90. The fraction of sp³-hybridized carbons (Fsp3) is 0.111. The predicted octanol–water partition coefficient (Wildman–Crippen LogP) is 4.01. The van der Waals surface area contributed by atoms with E-state index in [2.05, 4.69) is 15.5 Å². The van der Waals surface area contributed by atoms with Gasteiger partial charge in [-0.25, -0.2) is 0 Å². The van der Waals surface area contributed by atoms with Crippen molar-refractivity contribution in [1.82, 2.24) is 10.2 Å². The number of anilines is 1. The Bertz CT molecular complexity index is 937. The summed E-state index contributed by atoms with van der Waals surface area (Å²) in [4.78, 5) is 12.3. The molecule has 0 aliphatic rings. The lowest BCUT2D eigenvalue weighted by atomic mass is 10.1. The van der Waals surface area contributed by atoms with E-state index in [1.807, 2.05) is 6.92 Å². The monoisotopic (exact) mass is 357 g/mol. The van der Waals surface area contributed by atoms with Crippen LogP contribution in [0.1, 0.15) is 15.9 Å². The number of phenolic OH excluding ortho intramolecular Hbond substituents is 1. The lowest BCUT2D eigenvalue weighted by Gasteiger charge is -2.06. The van der Waals surface area contributed by atoms with Crippen molar-refractivity contribution >= 4 is 23.3 Å². The lowest BCUT2D eigenvalue weighted by molar-refractivity contribution is 0.102. The normalized spacial score (nSPS) is 10.5. The third kappa shape index (κ3) is 3.59. The number of halogens is 1. The number of amides is 1. The Morgan fingerprint density at radius 3 is 2.76 bits per heavy atom. The van der Waals surface area contributed by atoms with Crippen molar-refractivity contribution in [3.63, 3.8) is 0 Å². The second-order valence-electron chi connectivity index (χ2n) is 5.49. The number of H-pyrrole nitrogens is 1. The van der Waals surface area contributed by atoms with Crippen LogP contribution in [0.15, 0.2) is 42.5 Å². The number of aromatic amines is 1. The van der Waals surface area contributed by atoms with E-state index in [0.29, 0.717) is 22.3 Å². The molecule has 0 spiro atoms. The summed E-state index contributed by atoms with van der Waals surface area (Å²) in [6, 6.07) is 11.7. The number of aromatic nitrogens is 2. The molecule has 0 saturated carbocycles. The highest BCUT2D eigenvalue weighted by Gasteiger charge is 2.15. The second kappa shape index (κ2) is 6.86. The standard InChI is InChI=1S/C18H16ClN3O3/c1-10-3-5-12(15(23)7-10)18(24)20-17-9-14(21-22-17)13-8-11(19)4-6-16(13)25-2/h3-9,23H,1-2H3,(H2,20,21,22,24). The van der Waals surface area contributed by atoms with Gasteiger partial charge in [-0.15, -0.1) is 0 Å². The van der Waals surface area contributed by atoms with E-state index in [4.69, 9.17) is 16.3 Å². The Morgan fingerprint density at radius 2 is 2.04 bits per heavy atom. The number of hydrogen-bond donors (Lipinski definition) is 3. The summed E-state index contributed by atoms with van der Waals surface area (Å²) in [5, 5.41) is 20.0. The van der Waals surface area contributed by atoms with Crippen molar-refractivity contribution in [2.24, 2.45) is 0 Å². The highest BCUT2D eigenvalue weighted by atomic mass is 35.5. The van der Waals surface area contributed by atoms with Crippen LogP contribution in [-0.4, -0.2) is 28.3 Å². The molecular formula is C18H16ClN3O3. The van der Waals surface area contributed by atoms with Gasteiger partial charge in [0.05, 0.1) is 18.4 Å². The molecule has 25 heavy (non-hydrogen) atoms. The van der Waals surface area contributed by atoms with Crippen LogP contribution in [0.25, 0.3) is 11.3 Å². The zero-order valence-electron chi connectivity index (χ0n) is 13.6. The van der Waals surface area contributed by atoms with Gasteiger partial charge in [-0.2, -0.15) is 5.10 Å². The number of nitrogens with zero attached hydrogens (tertiary/aromatic N) is 1. The minimum atomic E-state index is -0.450. The van der Waals surface area contributed by atoms with E-state index in [9.17, 15) is 9.90 Å². The molecule has 0 saturated heterocycles. The molecule has 0 bridgehead atoms. The molecule has 1 aromatic heterocycles. The lowest BCUT2D eigenvalue weighted by Crippen LogP contribution is -2.12. The number of hydrogen-bond acceptors (Lipinski definition) is 4. The summed E-state index contributed by atoms with van der Waals surface area (Å²) in [6.07, 6.45) is 0. The maximum Gasteiger partial charge on any atom is 0.260 e. The average Bonchev–Trinajstić information content (AvgIpc) is 3.03. The number of carbonyl (C=O) groups is 1. The summed E-state index contributed by atoms with van der Waals surface area (Å²) in [7, 11) is 1.56. The molecule has 2 aromatic carbocycles. The predicted molar refractivity (Wildman–Crippen MR) is 96.4 cm³/mol. The Kier molecular flexibility index (Phi) is 4.63. The molecule has 0 fully saturated rings. The number of aromatic hydroxyl groups is 1. The van der Waals surface area contributed by atoms with E-state index in [0.717, 1.165) is 11.1 Å². The number of aryl methyl sites for hydroxylation is 1. The van der Waals surface area contributed by atoms with E-state index in [-0.39, 0.29) is 11.3 Å². The molecule has 3 aromatic rings. The molecule has 1 heterocycles. The zero-order chi connectivity index (χ0) is 18.0. The van der Waals surface area contributed by atoms with Gasteiger partial charge in [-0.05, 0) is 42.8 Å². The van der Waals surface area contributed by atoms with Crippen LogP contribution in [0.4, 0.5) is 5.82 Å². The molecule has 0 unspecified atom stereocenters. The molecular weight excluding hydrogens is 342 g/mol. The largest absolute Gasteiger partial charge is 0.507 e. The van der Waals surface area contributed by atoms with Gasteiger partial charge < -0.3 is 15.2 Å². The van der Waals surface area contributed by atoms with Crippen molar-refractivity contribution in [2.45, 2.75) is 6.92 Å². The molecule has 128 valence electrons.